The predicted octanol–water partition coefficient (Wildman–Crippen LogP) is 3.44. The molecule has 24 heavy (non-hydrogen) atoms. The van der Waals surface area contributed by atoms with Crippen molar-refractivity contribution in [3.63, 3.8) is 0 Å². The molecule has 1 aromatic rings. The highest BCUT2D eigenvalue weighted by molar-refractivity contribution is 7.48. The number of nitro benzene ring substituents is 2. The van der Waals surface area contributed by atoms with Gasteiger partial charge in [0.25, 0.3) is 11.4 Å². The molecular weight excluding hydrogens is 364 g/mol. The van der Waals surface area contributed by atoms with Crippen molar-refractivity contribution in [2.24, 2.45) is 0 Å². The van der Waals surface area contributed by atoms with Crippen LogP contribution in [0.15, 0.2) is 12.1 Å². The van der Waals surface area contributed by atoms with Gasteiger partial charge >= 0.3 is 14.0 Å². The second-order valence-electron chi connectivity index (χ2n) is 4.09. The predicted molar refractivity (Wildman–Crippen MR) is 71.2 cm³/mol. The number of halogens is 3. The Bertz CT molecular complexity index is 700. The van der Waals surface area contributed by atoms with Crippen LogP contribution in [0, 0.1) is 20.2 Å². The molecule has 0 spiro atoms. The Balaban J connectivity index is 3.52. The summed E-state index contributed by atoms with van der Waals surface area (Å²) in [5.74, 6) is 0. The van der Waals surface area contributed by atoms with Crippen molar-refractivity contribution < 1.29 is 41.2 Å². The first-order valence-corrected chi connectivity index (χ1v) is 7.30. The molecule has 10 nitrogen and oxygen atoms in total. The van der Waals surface area contributed by atoms with E-state index in [0.717, 1.165) is 14.2 Å². The molecule has 0 atom stereocenters. The van der Waals surface area contributed by atoms with Gasteiger partial charge in [-0.15, -0.1) is 0 Å². The summed E-state index contributed by atoms with van der Waals surface area (Å²) in [5, 5.41) is 21.6. The molecule has 0 aliphatic carbocycles. The van der Waals surface area contributed by atoms with Gasteiger partial charge in [0.15, 0.2) is 0 Å². The third kappa shape index (κ3) is 4.47. The van der Waals surface area contributed by atoms with E-state index in [0.29, 0.717) is 6.07 Å². The summed E-state index contributed by atoms with van der Waals surface area (Å²) >= 11 is 0. The van der Waals surface area contributed by atoms with E-state index >= 15 is 0 Å². The maximum atomic E-state index is 13.1. The Labute approximate surface area is 132 Å². The second-order valence-corrected chi connectivity index (χ2v) is 5.97. The second kappa shape index (κ2) is 7.21. The van der Waals surface area contributed by atoms with Gasteiger partial charge in [-0.1, -0.05) is 0 Å². The SMILES string of the molecule is COP(=O)(OC)OCc1c([N+](=O)[O-])cc([N+](=O)[O-])cc1C(F)(F)F. The number of hydrogen-bond acceptors (Lipinski definition) is 8. The summed E-state index contributed by atoms with van der Waals surface area (Å²) in [6.45, 7) is -1.18. The number of phosphoric acid groups is 1. The third-order valence-corrected chi connectivity index (χ3v) is 4.08. The zero-order valence-electron chi connectivity index (χ0n) is 12.1. The molecule has 1 rings (SSSR count). The highest BCUT2D eigenvalue weighted by Crippen LogP contribution is 2.50. The molecule has 0 aliphatic rings. The van der Waals surface area contributed by atoms with E-state index in [1.54, 1.807) is 0 Å². The van der Waals surface area contributed by atoms with Crippen molar-refractivity contribution in [2.45, 2.75) is 12.8 Å². The topological polar surface area (TPSA) is 131 Å². The lowest BCUT2D eigenvalue weighted by molar-refractivity contribution is -0.395. The fourth-order valence-electron chi connectivity index (χ4n) is 1.64. The van der Waals surface area contributed by atoms with Crippen LogP contribution in [0.1, 0.15) is 11.1 Å². The van der Waals surface area contributed by atoms with E-state index in [1.807, 2.05) is 0 Å². The quantitative estimate of drug-likeness (QED) is 0.403. The molecule has 0 aliphatic heterocycles. The van der Waals surface area contributed by atoms with Crippen molar-refractivity contribution >= 4 is 19.2 Å². The average Bonchev–Trinajstić information content (AvgIpc) is 2.50. The van der Waals surface area contributed by atoms with Crippen LogP contribution >= 0.6 is 7.82 Å². The number of alkyl halides is 3. The molecule has 134 valence electrons. The molecule has 0 aromatic heterocycles. The Morgan fingerprint density at radius 1 is 1.12 bits per heavy atom. The monoisotopic (exact) mass is 374 g/mol. The number of benzene rings is 1. The number of hydrogen-bond donors (Lipinski definition) is 0. The van der Waals surface area contributed by atoms with Gasteiger partial charge < -0.3 is 0 Å². The van der Waals surface area contributed by atoms with Gasteiger partial charge in [0.1, 0.15) is 0 Å². The van der Waals surface area contributed by atoms with Crippen molar-refractivity contribution in [2.75, 3.05) is 14.2 Å². The Hall–Kier alpha value is -2.08. The Kier molecular flexibility index (Phi) is 6.00. The highest BCUT2D eigenvalue weighted by atomic mass is 31.2. The number of nitrogens with zero attached hydrogens (tertiary/aromatic N) is 2. The molecule has 0 saturated carbocycles. The maximum absolute atomic E-state index is 13.1. The lowest BCUT2D eigenvalue weighted by atomic mass is 10.0. The third-order valence-electron chi connectivity index (χ3n) is 2.74. The van der Waals surface area contributed by atoms with Crippen molar-refractivity contribution in [1.29, 1.82) is 0 Å². The van der Waals surface area contributed by atoms with E-state index in [4.69, 9.17) is 0 Å². The highest BCUT2D eigenvalue weighted by Gasteiger charge is 2.40. The van der Waals surface area contributed by atoms with E-state index in [-0.39, 0.29) is 6.07 Å². The van der Waals surface area contributed by atoms with Gasteiger partial charge in [-0.05, 0) is 0 Å². The van der Waals surface area contributed by atoms with Crippen LogP contribution in [0.3, 0.4) is 0 Å². The Morgan fingerprint density at radius 2 is 1.67 bits per heavy atom. The van der Waals surface area contributed by atoms with Gasteiger partial charge in [-0.3, -0.25) is 33.8 Å². The molecule has 0 saturated heterocycles. The summed E-state index contributed by atoms with van der Waals surface area (Å²) < 4.78 is 64.2. The Morgan fingerprint density at radius 3 is 2.04 bits per heavy atom. The summed E-state index contributed by atoms with van der Waals surface area (Å²) in [5.41, 5.74) is -5.05. The number of phosphoric ester groups is 1. The lowest BCUT2D eigenvalue weighted by Gasteiger charge is -2.16. The molecule has 0 heterocycles. The summed E-state index contributed by atoms with van der Waals surface area (Å²) in [6, 6.07) is 0.467. The molecule has 1 aromatic carbocycles. The van der Waals surface area contributed by atoms with E-state index in [1.165, 1.54) is 0 Å². The first kappa shape index (κ1) is 20.0. The largest absolute Gasteiger partial charge is 0.474 e. The van der Waals surface area contributed by atoms with E-state index in [9.17, 15) is 38.0 Å². The zero-order valence-corrected chi connectivity index (χ0v) is 13.0. The minimum absolute atomic E-state index is 0.121. The molecule has 0 radical (unpaired) electrons. The lowest BCUT2D eigenvalue weighted by Crippen LogP contribution is -2.13. The van der Waals surface area contributed by atoms with Gasteiger partial charge in [0, 0.05) is 20.3 Å². The molecule has 0 unspecified atom stereocenters. The molecule has 0 bridgehead atoms. The normalized spacial score (nSPS) is 12.2. The molecule has 0 fully saturated rings. The number of nitro groups is 2. The fourth-order valence-corrected chi connectivity index (χ4v) is 2.29. The first-order chi connectivity index (χ1) is 10.9. The standard InChI is InChI=1S/C10H10F3N2O8P/c1-21-24(20,22-2)23-5-7-8(10(11,12)13)3-6(14(16)17)4-9(7)15(18)19/h3-4H,5H2,1-2H3. The van der Waals surface area contributed by atoms with Gasteiger partial charge in [0.05, 0.1) is 33.6 Å². The van der Waals surface area contributed by atoms with Crippen LogP contribution in [0.2, 0.25) is 0 Å². The van der Waals surface area contributed by atoms with Crippen molar-refractivity contribution in [1.82, 2.24) is 0 Å². The smallest absolute Gasteiger partial charge is 0.290 e. The van der Waals surface area contributed by atoms with Crippen LogP contribution in [-0.2, 0) is 30.9 Å². The molecule has 0 N–H and O–H groups in total. The minimum atomic E-state index is -5.15. The van der Waals surface area contributed by atoms with Crippen LogP contribution < -0.4 is 0 Å². The molecule has 14 heteroatoms. The minimum Gasteiger partial charge on any atom is -0.290 e. The average molecular weight is 374 g/mol. The van der Waals surface area contributed by atoms with E-state index < -0.39 is 53.0 Å². The summed E-state index contributed by atoms with van der Waals surface area (Å²) in [6.07, 6.45) is -5.15. The molecule has 0 amide bonds. The van der Waals surface area contributed by atoms with Crippen LogP contribution in [0.4, 0.5) is 24.5 Å². The number of non-ortho nitro benzene ring substituents is 1. The first-order valence-electron chi connectivity index (χ1n) is 5.84. The summed E-state index contributed by atoms with van der Waals surface area (Å²) in [7, 11) is -2.45. The summed E-state index contributed by atoms with van der Waals surface area (Å²) in [4.78, 5) is 19.2. The van der Waals surface area contributed by atoms with Gasteiger partial charge in [-0.25, -0.2) is 4.57 Å². The van der Waals surface area contributed by atoms with Crippen LogP contribution in [-0.4, -0.2) is 24.1 Å². The zero-order chi connectivity index (χ0) is 18.7. The van der Waals surface area contributed by atoms with Crippen LogP contribution in [0.25, 0.3) is 0 Å². The van der Waals surface area contributed by atoms with Gasteiger partial charge in [0.2, 0.25) is 0 Å². The maximum Gasteiger partial charge on any atom is 0.474 e. The number of rotatable bonds is 7. The fraction of sp³-hybridized carbons (Fsp3) is 0.400. The molecular formula is C10H10F3N2O8P. The van der Waals surface area contributed by atoms with Gasteiger partial charge in [-0.2, -0.15) is 13.2 Å². The van der Waals surface area contributed by atoms with E-state index in [2.05, 4.69) is 13.6 Å². The van der Waals surface area contributed by atoms with Crippen molar-refractivity contribution in [3.8, 4) is 0 Å². The van der Waals surface area contributed by atoms with Crippen molar-refractivity contribution in [3.05, 3.63) is 43.5 Å². The van der Waals surface area contributed by atoms with Crippen LogP contribution in [0.5, 0.6) is 0 Å².